The molecule has 1 N–H and O–H groups in total. The predicted octanol–water partition coefficient (Wildman–Crippen LogP) is 1.76. The number of carbonyl (C=O) groups is 1. The van der Waals surface area contributed by atoms with E-state index in [0.29, 0.717) is 13.1 Å². The number of aliphatic hydroxyl groups is 1. The summed E-state index contributed by atoms with van der Waals surface area (Å²) in [6.45, 7) is 2.84. The van der Waals surface area contributed by atoms with Gasteiger partial charge in [-0.1, -0.05) is 0 Å². The van der Waals surface area contributed by atoms with Crippen molar-refractivity contribution in [1.29, 1.82) is 0 Å². The molecule has 3 rings (SSSR count). The van der Waals surface area contributed by atoms with Gasteiger partial charge in [-0.05, 0) is 30.5 Å². The Kier molecular flexibility index (Phi) is 4.10. The summed E-state index contributed by atoms with van der Waals surface area (Å²) < 4.78 is 7.53. The molecular formula is C15H18N2O3S. The fourth-order valence-corrected chi connectivity index (χ4v) is 3.47. The maximum Gasteiger partial charge on any atom is 0.266 e. The number of aromatic nitrogens is 1. The van der Waals surface area contributed by atoms with Crippen molar-refractivity contribution < 1.29 is 14.6 Å². The van der Waals surface area contributed by atoms with Crippen molar-refractivity contribution in [2.45, 2.75) is 19.1 Å². The van der Waals surface area contributed by atoms with Crippen LogP contribution in [0.3, 0.4) is 0 Å². The molecule has 0 aromatic carbocycles. The number of aliphatic hydroxyl groups excluding tert-OH is 1. The van der Waals surface area contributed by atoms with Gasteiger partial charge in [-0.15, -0.1) is 11.3 Å². The minimum Gasteiger partial charge on any atom is -0.394 e. The Balaban J connectivity index is 1.84. The minimum absolute atomic E-state index is 0.00213. The van der Waals surface area contributed by atoms with Crippen LogP contribution in [0.5, 0.6) is 0 Å². The summed E-state index contributed by atoms with van der Waals surface area (Å²) in [5, 5.41) is 11.2. The van der Waals surface area contributed by atoms with Gasteiger partial charge in [0, 0.05) is 25.5 Å². The van der Waals surface area contributed by atoms with Crippen molar-refractivity contribution in [3.05, 3.63) is 40.8 Å². The number of hydrogen-bond acceptors (Lipinski definition) is 4. The first-order chi connectivity index (χ1) is 10.2. The first kappa shape index (κ1) is 14.3. The van der Waals surface area contributed by atoms with Gasteiger partial charge in [0.1, 0.15) is 4.88 Å². The van der Waals surface area contributed by atoms with E-state index in [9.17, 15) is 9.90 Å². The van der Waals surface area contributed by atoms with Crippen molar-refractivity contribution >= 4 is 17.2 Å². The average molecular weight is 306 g/mol. The van der Waals surface area contributed by atoms with Gasteiger partial charge in [0.05, 0.1) is 24.5 Å². The highest BCUT2D eigenvalue weighted by molar-refractivity contribution is 7.12. The molecule has 0 spiro atoms. The molecular weight excluding hydrogens is 288 g/mol. The molecule has 2 atom stereocenters. The molecule has 0 radical (unpaired) electrons. The molecule has 6 heteroatoms. The number of carbonyl (C=O) groups excluding carboxylic acids is 1. The Hall–Kier alpha value is -1.63. The molecule has 0 aliphatic carbocycles. The van der Waals surface area contributed by atoms with E-state index in [4.69, 9.17) is 4.74 Å². The molecule has 21 heavy (non-hydrogen) atoms. The van der Waals surface area contributed by atoms with E-state index in [2.05, 4.69) is 0 Å². The number of hydrogen-bond donors (Lipinski definition) is 1. The lowest BCUT2D eigenvalue weighted by Crippen LogP contribution is -2.50. The summed E-state index contributed by atoms with van der Waals surface area (Å²) in [5.41, 5.74) is 0.898. The minimum atomic E-state index is -0.298. The van der Waals surface area contributed by atoms with Crippen molar-refractivity contribution in [3.63, 3.8) is 0 Å². The third-order valence-corrected chi connectivity index (χ3v) is 4.43. The largest absolute Gasteiger partial charge is 0.394 e. The molecule has 2 aromatic heterocycles. The molecule has 3 heterocycles. The van der Waals surface area contributed by atoms with E-state index in [1.165, 1.54) is 11.3 Å². The van der Waals surface area contributed by atoms with Crippen molar-refractivity contribution in [3.8, 4) is 5.69 Å². The van der Waals surface area contributed by atoms with Crippen LogP contribution in [0.1, 0.15) is 16.6 Å². The summed E-state index contributed by atoms with van der Waals surface area (Å²) in [4.78, 5) is 15.3. The zero-order valence-electron chi connectivity index (χ0n) is 11.8. The van der Waals surface area contributed by atoms with Crippen LogP contribution in [0.15, 0.2) is 36.0 Å². The van der Waals surface area contributed by atoms with Crippen LogP contribution in [0.4, 0.5) is 0 Å². The molecule has 1 aliphatic rings. The Morgan fingerprint density at radius 3 is 2.90 bits per heavy atom. The lowest BCUT2D eigenvalue weighted by atomic mass is 10.2. The Morgan fingerprint density at radius 2 is 2.19 bits per heavy atom. The van der Waals surface area contributed by atoms with Crippen molar-refractivity contribution in [2.75, 3.05) is 19.7 Å². The molecule has 1 amide bonds. The van der Waals surface area contributed by atoms with Crippen LogP contribution in [-0.2, 0) is 4.74 Å². The quantitative estimate of drug-likeness (QED) is 0.940. The van der Waals surface area contributed by atoms with Crippen LogP contribution in [0.2, 0.25) is 0 Å². The maximum absolute atomic E-state index is 12.8. The summed E-state index contributed by atoms with van der Waals surface area (Å²) >= 11 is 1.44. The molecule has 5 nitrogen and oxygen atoms in total. The predicted molar refractivity (Wildman–Crippen MR) is 81.0 cm³/mol. The second-order valence-corrected chi connectivity index (χ2v) is 6.10. The van der Waals surface area contributed by atoms with E-state index in [1.54, 1.807) is 4.90 Å². The van der Waals surface area contributed by atoms with E-state index < -0.39 is 0 Å². The van der Waals surface area contributed by atoms with Gasteiger partial charge >= 0.3 is 0 Å². The first-order valence-electron chi connectivity index (χ1n) is 6.95. The summed E-state index contributed by atoms with van der Waals surface area (Å²) in [7, 11) is 0. The van der Waals surface area contributed by atoms with Gasteiger partial charge < -0.3 is 19.3 Å². The summed E-state index contributed by atoms with van der Waals surface area (Å²) in [5.74, 6) is 0.00213. The number of thiophene rings is 1. The van der Waals surface area contributed by atoms with Gasteiger partial charge in [-0.25, -0.2) is 0 Å². The number of rotatable bonds is 3. The van der Waals surface area contributed by atoms with Gasteiger partial charge in [0.25, 0.3) is 5.91 Å². The topological polar surface area (TPSA) is 54.7 Å². The van der Waals surface area contributed by atoms with Crippen LogP contribution >= 0.6 is 11.3 Å². The summed E-state index contributed by atoms with van der Waals surface area (Å²) in [6.07, 6.45) is 3.50. The van der Waals surface area contributed by atoms with Gasteiger partial charge in [0.15, 0.2) is 0 Å². The Morgan fingerprint density at radius 1 is 1.43 bits per heavy atom. The molecule has 1 aliphatic heterocycles. The molecule has 0 bridgehead atoms. The summed E-state index contributed by atoms with van der Waals surface area (Å²) in [6, 6.07) is 5.82. The zero-order valence-corrected chi connectivity index (χ0v) is 12.6. The number of nitrogens with zero attached hydrogens (tertiary/aromatic N) is 2. The molecule has 2 aromatic rings. The second-order valence-electron chi connectivity index (χ2n) is 5.19. The maximum atomic E-state index is 12.8. The lowest BCUT2D eigenvalue weighted by Gasteiger charge is -2.36. The molecule has 0 saturated carbocycles. The van der Waals surface area contributed by atoms with E-state index >= 15 is 0 Å². The van der Waals surface area contributed by atoms with E-state index in [0.717, 1.165) is 10.6 Å². The highest BCUT2D eigenvalue weighted by atomic mass is 32.1. The number of ether oxygens (including phenoxy) is 1. The van der Waals surface area contributed by atoms with Crippen LogP contribution in [0, 0.1) is 0 Å². The Labute approximate surface area is 127 Å². The van der Waals surface area contributed by atoms with Gasteiger partial charge in [0.2, 0.25) is 0 Å². The zero-order chi connectivity index (χ0) is 14.8. The van der Waals surface area contributed by atoms with Crippen LogP contribution in [0.25, 0.3) is 5.69 Å². The SMILES string of the molecule is CC1CN(C(=O)c2sccc2-n2cccc2)CC(CO)O1. The molecule has 1 fully saturated rings. The lowest BCUT2D eigenvalue weighted by molar-refractivity contribution is -0.0857. The normalized spacial score (nSPS) is 22.5. The fraction of sp³-hybridized carbons (Fsp3) is 0.400. The third-order valence-electron chi connectivity index (χ3n) is 3.54. The monoisotopic (exact) mass is 306 g/mol. The number of amides is 1. The van der Waals surface area contributed by atoms with Gasteiger partial charge in [-0.3, -0.25) is 4.79 Å². The highest BCUT2D eigenvalue weighted by Gasteiger charge is 2.30. The smallest absolute Gasteiger partial charge is 0.266 e. The van der Waals surface area contributed by atoms with E-state index in [1.807, 2.05) is 47.5 Å². The van der Waals surface area contributed by atoms with E-state index in [-0.39, 0.29) is 24.7 Å². The van der Waals surface area contributed by atoms with Crippen LogP contribution < -0.4 is 0 Å². The average Bonchev–Trinajstić information content (AvgIpc) is 3.16. The van der Waals surface area contributed by atoms with Crippen LogP contribution in [-0.4, -0.2) is 52.4 Å². The fourth-order valence-electron chi connectivity index (χ4n) is 2.62. The molecule has 1 saturated heterocycles. The Bertz CT molecular complexity index is 608. The second kappa shape index (κ2) is 6.01. The number of morpholine rings is 1. The third kappa shape index (κ3) is 2.88. The first-order valence-corrected chi connectivity index (χ1v) is 7.83. The van der Waals surface area contributed by atoms with Crippen molar-refractivity contribution in [2.24, 2.45) is 0 Å². The highest BCUT2D eigenvalue weighted by Crippen LogP contribution is 2.24. The molecule has 112 valence electrons. The molecule has 2 unspecified atom stereocenters. The van der Waals surface area contributed by atoms with Gasteiger partial charge in [-0.2, -0.15) is 0 Å². The van der Waals surface area contributed by atoms with Crippen molar-refractivity contribution in [1.82, 2.24) is 9.47 Å². The standard InChI is InChI=1S/C15H18N2O3S/c1-11-8-17(9-12(10-18)20-11)15(19)14-13(4-7-21-14)16-5-2-3-6-16/h2-7,11-12,18H,8-10H2,1H3.